The molecule has 0 aliphatic heterocycles. The molecule has 212 valence electrons. The quantitative estimate of drug-likeness (QED) is 0.0808. The lowest BCUT2D eigenvalue weighted by atomic mass is 9.99. The molecular weight excluding hydrogens is 550 g/mol. The maximum atomic E-state index is 13.4. The predicted octanol–water partition coefficient (Wildman–Crippen LogP) is 7.74. The molecule has 0 spiro atoms. The van der Waals surface area contributed by atoms with Gasteiger partial charge in [-0.1, -0.05) is 72.6 Å². The summed E-state index contributed by atoms with van der Waals surface area (Å²) in [4.78, 5) is 29.4. The first kappa shape index (κ1) is 28.6. The number of aryl methyl sites for hydroxylation is 2. The van der Waals surface area contributed by atoms with Gasteiger partial charge in [0.2, 0.25) is 0 Å². The molecule has 0 fully saturated rings. The number of halogens is 1. The van der Waals surface area contributed by atoms with Crippen molar-refractivity contribution in [3.63, 3.8) is 0 Å². The molecule has 4 aromatic carbocycles. The van der Waals surface area contributed by atoms with Crippen LogP contribution in [-0.2, 0) is 6.42 Å². The van der Waals surface area contributed by atoms with E-state index in [4.69, 9.17) is 21.1 Å². The standard InChI is InChI=1S/C34H30ClN3O4/c1-4-23-11-9-14-26-30(25-13-6-7-15-27(25)35)32(37-31(23)26)33(39)38-36-20-22-16-17-28(29(19-22)41-5-2)42-34(40)24-12-8-10-21(3)18-24/h6-20,37H,4-5H2,1-3H3,(H,38,39). The number of fused-ring (bicyclic) bond motifs is 1. The number of rotatable bonds is 9. The lowest BCUT2D eigenvalue weighted by molar-refractivity contribution is 0.0728. The van der Waals surface area contributed by atoms with E-state index in [2.05, 4.69) is 22.4 Å². The van der Waals surface area contributed by atoms with Gasteiger partial charge in [-0.3, -0.25) is 4.79 Å². The Morgan fingerprint density at radius 1 is 0.952 bits per heavy atom. The van der Waals surface area contributed by atoms with E-state index in [-0.39, 0.29) is 0 Å². The molecule has 8 heteroatoms. The van der Waals surface area contributed by atoms with Gasteiger partial charge in [0.25, 0.3) is 5.91 Å². The molecule has 2 N–H and O–H groups in total. The summed E-state index contributed by atoms with van der Waals surface area (Å²) < 4.78 is 11.3. The van der Waals surface area contributed by atoms with Gasteiger partial charge in [-0.05, 0) is 67.8 Å². The van der Waals surface area contributed by atoms with Gasteiger partial charge in [0.05, 0.1) is 18.4 Å². The van der Waals surface area contributed by atoms with Crippen LogP contribution in [0.4, 0.5) is 0 Å². The van der Waals surface area contributed by atoms with Crippen molar-refractivity contribution in [1.82, 2.24) is 10.4 Å². The second kappa shape index (κ2) is 12.7. The van der Waals surface area contributed by atoms with E-state index < -0.39 is 11.9 Å². The first-order chi connectivity index (χ1) is 20.4. The van der Waals surface area contributed by atoms with Crippen molar-refractivity contribution < 1.29 is 19.1 Å². The minimum atomic E-state index is -0.479. The van der Waals surface area contributed by atoms with Gasteiger partial charge in [-0.15, -0.1) is 0 Å². The number of ether oxygens (including phenoxy) is 2. The molecule has 0 atom stereocenters. The third kappa shape index (κ3) is 6.06. The second-order valence-corrected chi connectivity index (χ2v) is 10.1. The number of carbonyl (C=O) groups is 2. The van der Waals surface area contributed by atoms with Gasteiger partial charge in [-0.25, -0.2) is 10.2 Å². The lowest BCUT2D eigenvalue weighted by Gasteiger charge is -2.11. The molecule has 5 rings (SSSR count). The van der Waals surface area contributed by atoms with Crippen LogP contribution in [0.1, 0.15) is 51.4 Å². The van der Waals surface area contributed by atoms with Gasteiger partial charge in [0, 0.05) is 27.1 Å². The van der Waals surface area contributed by atoms with Crippen LogP contribution in [-0.4, -0.2) is 29.7 Å². The minimum absolute atomic E-state index is 0.290. The van der Waals surface area contributed by atoms with Crippen molar-refractivity contribution in [3.05, 3.63) is 118 Å². The van der Waals surface area contributed by atoms with E-state index >= 15 is 0 Å². The maximum absolute atomic E-state index is 13.4. The van der Waals surface area contributed by atoms with Crippen LogP contribution < -0.4 is 14.9 Å². The Kier molecular flexibility index (Phi) is 8.69. The van der Waals surface area contributed by atoms with Crippen LogP contribution in [0.15, 0.2) is 90.0 Å². The Bertz CT molecular complexity index is 1810. The number of nitrogens with zero attached hydrogens (tertiary/aromatic N) is 1. The fraction of sp³-hybridized carbons (Fsp3) is 0.147. The van der Waals surface area contributed by atoms with E-state index in [1.807, 2.05) is 56.3 Å². The minimum Gasteiger partial charge on any atom is -0.490 e. The molecule has 0 bridgehead atoms. The Morgan fingerprint density at radius 3 is 2.52 bits per heavy atom. The third-order valence-corrected chi connectivity index (χ3v) is 7.10. The number of hydrogen-bond acceptors (Lipinski definition) is 5. The molecule has 0 radical (unpaired) electrons. The van der Waals surface area contributed by atoms with E-state index in [0.717, 1.165) is 39.6 Å². The summed E-state index contributed by atoms with van der Waals surface area (Å²) >= 11 is 6.56. The molecule has 0 saturated carbocycles. The lowest BCUT2D eigenvalue weighted by Crippen LogP contribution is -2.19. The van der Waals surface area contributed by atoms with Crippen LogP contribution in [0.3, 0.4) is 0 Å². The molecule has 7 nitrogen and oxygen atoms in total. The molecule has 0 aliphatic rings. The van der Waals surface area contributed by atoms with Crippen LogP contribution in [0.2, 0.25) is 5.02 Å². The molecule has 42 heavy (non-hydrogen) atoms. The highest BCUT2D eigenvalue weighted by Gasteiger charge is 2.22. The molecule has 5 aromatic rings. The third-order valence-electron chi connectivity index (χ3n) is 6.78. The number of hydrogen-bond donors (Lipinski definition) is 2. The highest BCUT2D eigenvalue weighted by atomic mass is 35.5. The zero-order valence-corrected chi connectivity index (χ0v) is 24.3. The van der Waals surface area contributed by atoms with Crippen molar-refractivity contribution in [2.45, 2.75) is 27.2 Å². The summed E-state index contributed by atoms with van der Waals surface area (Å²) in [6.45, 7) is 6.19. The Hall–Kier alpha value is -4.88. The average molecular weight is 580 g/mol. The number of para-hydroxylation sites is 1. The first-order valence-corrected chi connectivity index (χ1v) is 14.0. The Balaban J connectivity index is 1.39. The molecule has 0 aliphatic carbocycles. The topological polar surface area (TPSA) is 92.8 Å². The van der Waals surface area contributed by atoms with Gasteiger partial charge >= 0.3 is 5.97 Å². The van der Waals surface area contributed by atoms with Gasteiger partial charge in [0.1, 0.15) is 5.69 Å². The number of benzene rings is 4. The summed E-state index contributed by atoms with van der Waals surface area (Å²) in [5.41, 5.74) is 8.50. The number of amides is 1. The number of aromatic amines is 1. The van der Waals surface area contributed by atoms with Crippen molar-refractivity contribution in [2.75, 3.05) is 6.61 Å². The molecule has 1 heterocycles. The van der Waals surface area contributed by atoms with Crippen molar-refractivity contribution >= 4 is 40.6 Å². The normalized spacial score (nSPS) is 11.1. The number of hydrazone groups is 1. The molecular formula is C34H30ClN3O4. The summed E-state index contributed by atoms with van der Waals surface area (Å²) in [5, 5.41) is 5.65. The molecule has 1 amide bonds. The smallest absolute Gasteiger partial charge is 0.343 e. The summed E-state index contributed by atoms with van der Waals surface area (Å²) in [5.74, 6) is -0.211. The first-order valence-electron chi connectivity index (χ1n) is 13.7. The number of H-pyrrole nitrogens is 1. The van der Waals surface area contributed by atoms with E-state index in [9.17, 15) is 9.59 Å². The zero-order valence-electron chi connectivity index (χ0n) is 23.5. The van der Waals surface area contributed by atoms with Crippen LogP contribution in [0, 0.1) is 6.92 Å². The Morgan fingerprint density at radius 2 is 1.76 bits per heavy atom. The van der Waals surface area contributed by atoms with E-state index in [1.165, 1.54) is 6.21 Å². The average Bonchev–Trinajstić information content (AvgIpc) is 3.38. The fourth-order valence-electron chi connectivity index (χ4n) is 4.80. The van der Waals surface area contributed by atoms with Crippen LogP contribution >= 0.6 is 11.6 Å². The zero-order chi connectivity index (χ0) is 29.6. The summed E-state index contributed by atoms with van der Waals surface area (Å²) in [6.07, 6.45) is 2.30. The van der Waals surface area contributed by atoms with E-state index in [1.54, 1.807) is 42.5 Å². The van der Waals surface area contributed by atoms with Crippen LogP contribution in [0.25, 0.3) is 22.0 Å². The highest BCUT2D eigenvalue weighted by Crippen LogP contribution is 2.37. The summed E-state index contributed by atoms with van der Waals surface area (Å²) in [6, 6.07) is 25.7. The predicted molar refractivity (Wildman–Crippen MR) is 167 cm³/mol. The van der Waals surface area contributed by atoms with Crippen molar-refractivity contribution in [2.24, 2.45) is 5.10 Å². The van der Waals surface area contributed by atoms with Gasteiger partial charge in [-0.2, -0.15) is 5.10 Å². The fourth-order valence-corrected chi connectivity index (χ4v) is 5.03. The van der Waals surface area contributed by atoms with Crippen molar-refractivity contribution in [1.29, 1.82) is 0 Å². The van der Waals surface area contributed by atoms with Gasteiger partial charge in [0.15, 0.2) is 11.5 Å². The van der Waals surface area contributed by atoms with Crippen LogP contribution in [0.5, 0.6) is 11.5 Å². The maximum Gasteiger partial charge on any atom is 0.343 e. The molecule has 0 unspecified atom stereocenters. The largest absolute Gasteiger partial charge is 0.490 e. The van der Waals surface area contributed by atoms with E-state index in [0.29, 0.717) is 39.9 Å². The summed E-state index contributed by atoms with van der Waals surface area (Å²) in [7, 11) is 0. The van der Waals surface area contributed by atoms with Gasteiger partial charge < -0.3 is 14.5 Å². The molecule has 0 saturated heterocycles. The Labute approximate surface area is 249 Å². The SMILES string of the molecule is CCOc1cc(C=NNC(=O)c2[nH]c3c(CC)cccc3c2-c2ccccc2Cl)ccc1OC(=O)c1cccc(C)c1. The number of carbonyl (C=O) groups excluding carboxylic acids is 2. The number of esters is 1. The highest BCUT2D eigenvalue weighted by molar-refractivity contribution is 6.34. The second-order valence-electron chi connectivity index (χ2n) is 9.65. The number of aromatic nitrogens is 1. The molecule has 1 aromatic heterocycles. The van der Waals surface area contributed by atoms with Crippen molar-refractivity contribution in [3.8, 4) is 22.6 Å². The number of nitrogens with one attached hydrogen (secondary N) is 2. The monoisotopic (exact) mass is 579 g/mol.